The fraction of sp³-hybridized carbons (Fsp3) is 0.619. The van der Waals surface area contributed by atoms with E-state index in [9.17, 15) is 18.0 Å². The maximum atomic E-state index is 13.4. The molecular weight excluding hydrogens is 404 g/mol. The third-order valence-electron chi connectivity index (χ3n) is 6.65. The molecule has 2 N–H and O–H groups in total. The number of piperidine rings is 1. The lowest BCUT2D eigenvalue weighted by atomic mass is 10.1. The van der Waals surface area contributed by atoms with E-state index in [2.05, 4.69) is 10.0 Å². The zero-order valence-electron chi connectivity index (χ0n) is 17.2. The molecule has 0 unspecified atom stereocenters. The second kappa shape index (κ2) is 7.03. The van der Waals surface area contributed by atoms with Crippen molar-refractivity contribution in [2.45, 2.75) is 68.5 Å². The number of fused-ring (bicyclic) bond motifs is 1. The molecule has 30 heavy (non-hydrogen) atoms. The number of sulfonamides is 1. The van der Waals surface area contributed by atoms with Gasteiger partial charge in [0.05, 0.1) is 15.8 Å². The van der Waals surface area contributed by atoms with Crippen molar-refractivity contribution in [1.29, 1.82) is 0 Å². The Kier molecular flexibility index (Phi) is 4.68. The van der Waals surface area contributed by atoms with Crippen LogP contribution in [0.2, 0.25) is 0 Å². The molecule has 0 spiro atoms. The summed E-state index contributed by atoms with van der Waals surface area (Å²) in [6.45, 7) is 3.97. The lowest BCUT2D eigenvalue weighted by Crippen LogP contribution is -2.45. The minimum Gasteiger partial charge on any atom is -0.317 e. The highest BCUT2D eigenvalue weighted by Gasteiger charge is 2.41. The summed E-state index contributed by atoms with van der Waals surface area (Å²) in [5.74, 6) is 0.449. The van der Waals surface area contributed by atoms with Crippen molar-refractivity contribution in [2.24, 2.45) is 5.92 Å². The van der Waals surface area contributed by atoms with Crippen LogP contribution in [0.15, 0.2) is 32.7 Å². The Morgan fingerprint density at radius 2 is 1.83 bits per heavy atom. The van der Waals surface area contributed by atoms with E-state index in [1.165, 1.54) is 16.7 Å². The van der Waals surface area contributed by atoms with Crippen LogP contribution in [0.5, 0.6) is 0 Å². The van der Waals surface area contributed by atoms with E-state index < -0.39 is 15.6 Å². The van der Waals surface area contributed by atoms with Gasteiger partial charge in [-0.3, -0.25) is 13.9 Å². The van der Waals surface area contributed by atoms with Crippen LogP contribution in [0.4, 0.5) is 0 Å². The van der Waals surface area contributed by atoms with Crippen molar-refractivity contribution >= 4 is 20.9 Å². The Morgan fingerprint density at radius 3 is 2.47 bits per heavy atom. The summed E-state index contributed by atoms with van der Waals surface area (Å²) in [4.78, 5) is 26.8. The maximum absolute atomic E-state index is 13.4. The van der Waals surface area contributed by atoms with Crippen LogP contribution in [0.1, 0.15) is 51.5 Å². The van der Waals surface area contributed by atoms with Crippen molar-refractivity contribution in [2.75, 3.05) is 13.1 Å². The Balaban J connectivity index is 1.68. The van der Waals surface area contributed by atoms with Crippen LogP contribution in [-0.2, 0) is 16.6 Å². The first-order valence-corrected chi connectivity index (χ1v) is 12.3. The minimum absolute atomic E-state index is 0.0775. The van der Waals surface area contributed by atoms with E-state index in [1.807, 2.05) is 6.92 Å². The first-order valence-electron chi connectivity index (χ1n) is 10.8. The van der Waals surface area contributed by atoms with Crippen molar-refractivity contribution < 1.29 is 8.42 Å². The number of nitrogens with one attached hydrogen (secondary N) is 2. The maximum Gasteiger partial charge on any atom is 0.331 e. The monoisotopic (exact) mass is 432 g/mol. The zero-order valence-corrected chi connectivity index (χ0v) is 18.0. The number of benzene rings is 1. The van der Waals surface area contributed by atoms with Crippen LogP contribution < -0.4 is 21.3 Å². The summed E-state index contributed by atoms with van der Waals surface area (Å²) in [6, 6.07) is 4.42. The number of hydrogen-bond acceptors (Lipinski definition) is 5. The van der Waals surface area contributed by atoms with Crippen LogP contribution in [-0.4, -0.2) is 36.2 Å². The average molecular weight is 433 g/mol. The van der Waals surface area contributed by atoms with Crippen LogP contribution in [0.25, 0.3) is 10.9 Å². The molecular formula is C21H28N4O4S. The summed E-state index contributed by atoms with van der Waals surface area (Å²) in [6.07, 6.45) is 5.20. The lowest BCUT2D eigenvalue weighted by molar-refractivity contribution is 0.344. The average Bonchev–Trinajstić information content (AvgIpc) is 3.64. The Labute approximate surface area is 175 Å². The summed E-state index contributed by atoms with van der Waals surface area (Å²) < 4.78 is 31.5. The Morgan fingerprint density at radius 1 is 1.13 bits per heavy atom. The zero-order chi connectivity index (χ0) is 21.1. The molecule has 162 valence electrons. The van der Waals surface area contributed by atoms with E-state index in [4.69, 9.17) is 0 Å². The van der Waals surface area contributed by atoms with Crippen molar-refractivity contribution in [3.63, 3.8) is 0 Å². The van der Waals surface area contributed by atoms with Crippen molar-refractivity contribution in [1.82, 2.24) is 19.2 Å². The Bertz CT molecular complexity index is 1220. The molecule has 2 heterocycles. The quantitative estimate of drug-likeness (QED) is 0.717. The van der Waals surface area contributed by atoms with Gasteiger partial charge in [-0.2, -0.15) is 0 Å². The van der Waals surface area contributed by atoms with E-state index in [1.54, 1.807) is 10.6 Å². The van der Waals surface area contributed by atoms with Gasteiger partial charge in [-0.25, -0.2) is 17.9 Å². The van der Waals surface area contributed by atoms with Gasteiger partial charge < -0.3 is 5.32 Å². The van der Waals surface area contributed by atoms with Gasteiger partial charge in [0, 0.05) is 18.1 Å². The molecule has 0 amide bonds. The van der Waals surface area contributed by atoms with E-state index in [-0.39, 0.29) is 22.2 Å². The molecule has 9 heteroatoms. The molecule has 2 saturated carbocycles. The van der Waals surface area contributed by atoms with Gasteiger partial charge in [-0.15, -0.1) is 0 Å². The van der Waals surface area contributed by atoms with Gasteiger partial charge in [-0.1, -0.05) is 0 Å². The van der Waals surface area contributed by atoms with E-state index >= 15 is 0 Å². The molecule has 1 aromatic carbocycles. The molecule has 1 aromatic heterocycles. The molecule has 3 fully saturated rings. The van der Waals surface area contributed by atoms with Crippen LogP contribution >= 0.6 is 0 Å². The molecule has 2 aromatic rings. The van der Waals surface area contributed by atoms with Gasteiger partial charge in [0.2, 0.25) is 10.0 Å². The summed E-state index contributed by atoms with van der Waals surface area (Å²) >= 11 is 0. The molecule has 0 atom stereocenters. The molecule has 3 aliphatic rings. The van der Waals surface area contributed by atoms with Crippen LogP contribution in [0.3, 0.4) is 0 Å². The third-order valence-corrected chi connectivity index (χ3v) is 8.28. The van der Waals surface area contributed by atoms with E-state index in [0.717, 1.165) is 38.8 Å². The molecule has 8 nitrogen and oxygen atoms in total. The molecule has 1 aliphatic heterocycles. The second-order valence-corrected chi connectivity index (χ2v) is 11.0. The van der Waals surface area contributed by atoms with E-state index in [0.29, 0.717) is 36.2 Å². The van der Waals surface area contributed by atoms with Gasteiger partial charge in [-0.05, 0) is 82.7 Å². The minimum atomic E-state index is -3.73. The standard InChI is InChI=1S/C21H28N4O4S/c1-21(8-9-21)23-30(28,29)16-4-5-18-17(12-16)19(26)25(15-6-10-22-11-7-15)20(27)24(18)13-14-2-3-14/h4-5,12,14-15,22-23H,2-3,6-11,13H2,1H3. The number of aromatic nitrogens is 2. The Hall–Kier alpha value is -1.97. The summed E-state index contributed by atoms with van der Waals surface area (Å²) in [5, 5.41) is 3.57. The molecule has 0 bridgehead atoms. The largest absolute Gasteiger partial charge is 0.331 e. The normalized spacial score (nSPS) is 21.8. The van der Waals surface area contributed by atoms with Crippen molar-refractivity contribution in [3.05, 3.63) is 39.0 Å². The predicted octanol–water partition coefficient (Wildman–Crippen LogP) is 1.33. The van der Waals surface area contributed by atoms with Gasteiger partial charge in [0.1, 0.15) is 0 Å². The smallest absolute Gasteiger partial charge is 0.317 e. The predicted molar refractivity (Wildman–Crippen MR) is 114 cm³/mol. The second-order valence-electron chi connectivity index (χ2n) is 9.34. The number of rotatable bonds is 6. The van der Waals surface area contributed by atoms with Gasteiger partial charge >= 0.3 is 5.69 Å². The fourth-order valence-corrected chi connectivity index (χ4v) is 5.82. The number of hydrogen-bond donors (Lipinski definition) is 2. The highest BCUT2D eigenvalue weighted by molar-refractivity contribution is 7.89. The van der Waals surface area contributed by atoms with Gasteiger partial charge in [0.25, 0.3) is 5.56 Å². The molecule has 2 aliphatic carbocycles. The highest BCUT2D eigenvalue weighted by atomic mass is 32.2. The van der Waals surface area contributed by atoms with Crippen molar-refractivity contribution in [3.8, 4) is 0 Å². The highest BCUT2D eigenvalue weighted by Crippen LogP contribution is 2.36. The topological polar surface area (TPSA) is 102 Å². The summed E-state index contributed by atoms with van der Waals surface area (Å²) in [7, 11) is -3.73. The third kappa shape index (κ3) is 3.63. The SMILES string of the molecule is CC1(NS(=O)(=O)c2ccc3c(c2)c(=O)n(C2CCNCC2)c(=O)n3CC2CC2)CC1. The first-order chi connectivity index (χ1) is 14.3. The number of nitrogens with zero attached hydrogens (tertiary/aromatic N) is 2. The fourth-order valence-electron chi connectivity index (χ4n) is 4.33. The van der Waals surface area contributed by atoms with Gasteiger partial charge in [0.15, 0.2) is 0 Å². The van der Waals surface area contributed by atoms with Crippen LogP contribution in [0, 0.1) is 5.92 Å². The lowest BCUT2D eigenvalue weighted by Gasteiger charge is -2.25. The molecule has 0 radical (unpaired) electrons. The molecule has 1 saturated heterocycles. The first kappa shape index (κ1) is 20.0. The summed E-state index contributed by atoms with van der Waals surface area (Å²) in [5.41, 5.74) is -0.527. The molecule has 5 rings (SSSR count).